The molecule has 2 aromatic rings. The normalized spacial score (nSPS) is 22.2. The summed E-state index contributed by atoms with van der Waals surface area (Å²) in [5, 5.41) is 1.22. The van der Waals surface area contributed by atoms with Crippen molar-refractivity contribution < 1.29 is 0 Å². The van der Waals surface area contributed by atoms with Crippen molar-refractivity contribution >= 4 is 23.2 Å². The van der Waals surface area contributed by atoms with Crippen molar-refractivity contribution in [2.75, 3.05) is 0 Å². The number of hydrogen-bond donors (Lipinski definition) is 0. The third kappa shape index (κ3) is 3.44. The largest absolute Gasteiger partial charge is 0.0827 e. The molecule has 21 heavy (non-hydrogen) atoms. The fraction of sp³-hybridized carbons (Fsp3) is 0.368. The smallest absolute Gasteiger partial charge is 0.0598 e. The highest BCUT2D eigenvalue weighted by molar-refractivity contribution is 6.42. The van der Waals surface area contributed by atoms with Crippen LogP contribution in [0.1, 0.15) is 44.1 Å². The van der Waals surface area contributed by atoms with E-state index in [1.165, 1.54) is 36.8 Å². The summed E-state index contributed by atoms with van der Waals surface area (Å²) in [6.07, 6.45) is 5.37. The minimum absolute atomic E-state index is 0.605. The van der Waals surface area contributed by atoms with E-state index in [0.29, 0.717) is 10.0 Å². The Kier molecular flexibility index (Phi) is 4.57. The second-order valence-electron chi connectivity index (χ2n) is 6.21. The molecular formula is C19H20Cl2. The third-order valence-corrected chi connectivity index (χ3v) is 5.39. The highest BCUT2D eigenvalue weighted by Crippen LogP contribution is 2.36. The molecule has 0 unspecified atom stereocenters. The number of halogens is 2. The molecule has 0 bridgehead atoms. The molecule has 1 saturated carbocycles. The van der Waals surface area contributed by atoms with Crippen LogP contribution in [0, 0.1) is 5.92 Å². The summed E-state index contributed by atoms with van der Waals surface area (Å²) in [4.78, 5) is 0. The Bertz CT molecular complexity index is 608. The first kappa shape index (κ1) is 14.9. The van der Waals surface area contributed by atoms with Crippen LogP contribution in [-0.4, -0.2) is 0 Å². The van der Waals surface area contributed by atoms with Crippen molar-refractivity contribution in [3.63, 3.8) is 0 Å². The van der Waals surface area contributed by atoms with Crippen LogP contribution >= 0.6 is 23.2 Å². The molecular weight excluding hydrogens is 299 g/mol. The maximum absolute atomic E-state index is 6.10. The molecule has 0 aromatic heterocycles. The standard InChI is InChI=1S/C19H20Cl2/c1-13-2-4-14(5-3-13)15-6-8-16(9-7-15)17-10-11-18(20)19(21)12-17/h6-14H,2-5H2,1H3. The fourth-order valence-electron chi connectivity index (χ4n) is 3.22. The van der Waals surface area contributed by atoms with Crippen LogP contribution < -0.4 is 0 Å². The van der Waals surface area contributed by atoms with Crippen LogP contribution in [0.25, 0.3) is 11.1 Å². The van der Waals surface area contributed by atoms with E-state index < -0.39 is 0 Å². The highest BCUT2D eigenvalue weighted by Gasteiger charge is 2.19. The first-order chi connectivity index (χ1) is 10.1. The van der Waals surface area contributed by atoms with Crippen molar-refractivity contribution in [3.05, 3.63) is 58.1 Å². The fourth-order valence-corrected chi connectivity index (χ4v) is 3.51. The zero-order valence-electron chi connectivity index (χ0n) is 12.3. The van der Waals surface area contributed by atoms with Gasteiger partial charge in [-0.25, -0.2) is 0 Å². The van der Waals surface area contributed by atoms with Gasteiger partial charge in [-0.1, -0.05) is 73.3 Å². The highest BCUT2D eigenvalue weighted by atomic mass is 35.5. The predicted octanol–water partition coefficient (Wildman–Crippen LogP) is 6.95. The molecule has 0 atom stereocenters. The van der Waals surface area contributed by atoms with E-state index in [4.69, 9.17) is 23.2 Å². The zero-order chi connectivity index (χ0) is 14.8. The molecule has 1 fully saturated rings. The Morgan fingerprint density at radius 1 is 0.762 bits per heavy atom. The quantitative estimate of drug-likeness (QED) is 0.561. The molecule has 0 spiro atoms. The zero-order valence-corrected chi connectivity index (χ0v) is 13.8. The summed E-state index contributed by atoms with van der Waals surface area (Å²) in [5.41, 5.74) is 3.79. The average molecular weight is 319 g/mol. The topological polar surface area (TPSA) is 0 Å². The lowest BCUT2D eigenvalue weighted by atomic mass is 9.79. The summed E-state index contributed by atoms with van der Waals surface area (Å²) >= 11 is 12.1. The summed E-state index contributed by atoms with van der Waals surface area (Å²) in [6.45, 7) is 2.36. The molecule has 1 aliphatic rings. The molecule has 0 saturated heterocycles. The Morgan fingerprint density at radius 3 is 2.00 bits per heavy atom. The monoisotopic (exact) mass is 318 g/mol. The van der Waals surface area contributed by atoms with E-state index in [1.54, 1.807) is 0 Å². The van der Waals surface area contributed by atoms with Crippen molar-refractivity contribution in [2.24, 2.45) is 5.92 Å². The molecule has 0 N–H and O–H groups in total. The van der Waals surface area contributed by atoms with Gasteiger partial charge < -0.3 is 0 Å². The Morgan fingerprint density at radius 2 is 1.38 bits per heavy atom. The van der Waals surface area contributed by atoms with Gasteiger partial charge in [0.1, 0.15) is 0 Å². The maximum Gasteiger partial charge on any atom is 0.0598 e. The molecule has 3 rings (SSSR count). The molecule has 2 heteroatoms. The minimum atomic E-state index is 0.605. The van der Waals surface area contributed by atoms with Gasteiger partial charge in [-0.3, -0.25) is 0 Å². The van der Waals surface area contributed by atoms with Gasteiger partial charge >= 0.3 is 0 Å². The van der Waals surface area contributed by atoms with Gasteiger partial charge in [0.15, 0.2) is 0 Å². The molecule has 0 nitrogen and oxygen atoms in total. The lowest BCUT2D eigenvalue weighted by molar-refractivity contribution is 0.348. The lowest BCUT2D eigenvalue weighted by Crippen LogP contribution is -2.10. The predicted molar refractivity (Wildman–Crippen MR) is 92.3 cm³/mol. The molecule has 110 valence electrons. The van der Waals surface area contributed by atoms with Crippen molar-refractivity contribution in [1.82, 2.24) is 0 Å². The van der Waals surface area contributed by atoms with E-state index in [9.17, 15) is 0 Å². The van der Waals surface area contributed by atoms with Gasteiger partial charge in [-0.15, -0.1) is 0 Å². The summed E-state index contributed by atoms with van der Waals surface area (Å²) in [6, 6.07) is 14.8. The van der Waals surface area contributed by atoms with Gasteiger partial charge in [-0.2, -0.15) is 0 Å². The van der Waals surface area contributed by atoms with Crippen LogP contribution in [0.15, 0.2) is 42.5 Å². The Labute approximate surface area is 137 Å². The van der Waals surface area contributed by atoms with Gasteiger partial charge in [-0.05, 0) is 53.5 Å². The summed E-state index contributed by atoms with van der Waals surface area (Å²) in [7, 11) is 0. The van der Waals surface area contributed by atoms with Crippen LogP contribution in [-0.2, 0) is 0 Å². The van der Waals surface area contributed by atoms with E-state index in [2.05, 4.69) is 31.2 Å². The summed E-state index contributed by atoms with van der Waals surface area (Å²) < 4.78 is 0. The molecule has 0 aliphatic heterocycles. The van der Waals surface area contributed by atoms with Crippen LogP contribution in [0.2, 0.25) is 10.0 Å². The van der Waals surface area contributed by atoms with Gasteiger partial charge in [0.05, 0.1) is 10.0 Å². The molecule has 0 heterocycles. The second kappa shape index (κ2) is 6.42. The Hall–Kier alpha value is -0.980. The van der Waals surface area contributed by atoms with Gasteiger partial charge in [0.2, 0.25) is 0 Å². The summed E-state index contributed by atoms with van der Waals surface area (Å²) in [5.74, 6) is 1.64. The minimum Gasteiger partial charge on any atom is -0.0827 e. The first-order valence-corrected chi connectivity index (χ1v) is 8.44. The van der Waals surface area contributed by atoms with Crippen molar-refractivity contribution in [2.45, 2.75) is 38.5 Å². The average Bonchev–Trinajstić information content (AvgIpc) is 2.51. The van der Waals surface area contributed by atoms with E-state index in [-0.39, 0.29) is 0 Å². The van der Waals surface area contributed by atoms with Crippen LogP contribution in [0.4, 0.5) is 0 Å². The number of rotatable bonds is 2. The van der Waals surface area contributed by atoms with Crippen molar-refractivity contribution in [3.8, 4) is 11.1 Å². The van der Waals surface area contributed by atoms with Crippen molar-refractivity contribution in [1.29, 1.82) is 0 Å². The van der Waals surface area contributed by atoms with E-state index >= 15 is 0 Å². The van der Waals surface area contributed by atoms with Crippen LogP contribution in [0.5, 0.6) is 0 Å². The lowest BCUT2D eigenvalue weighted by Gasteiger charge is -2.26. The molecule has 0 amide bonds. The van der Waals surface area contributed by atoms with Crippen LogP contribution in [0.3, 0.4) is 0 Å². The molecule has 1 aliphatic carbocycles. The van der Waals surface area contributed by atoms with Gasteiger partial charge in [0.25, 0.3) is 0 Å². The molecule has 2 aromatic carbocycles. The van der Waals surface area contributed by atoms with E-state index in [1.807, 2.05) is 18.2 Å². The third-order valence-electron chi connectivity index (χ3n) is 4.65. The number of benzene rings is 2. The first-order valence-electron chi connectivity index (χ1n) is 7.69. The van der Waals surface area contributed by atoms with Gasteiger partial charge in [0, 0.05) is 0 Å². The molecule has 0 radical (unpaired) electrons. The SMILES string of the molecule is CC1CCC(c2ccc(-c3ccc(Cl)c(Cl)c3)cc2)CC1. The number of hydrogen-bond acceptors (Lipinski definition) is 0. The maximum atomic E-state index is 6.10. The van der Waals surface area contributed by atoms with E-state index in [0.717, 1.165) is 17.4 Å². The Balaban J connectivity index is 1.79. The second-order valence-corrected chi connectivity index (χ2v) is 7.02.